The highest BCUT2D eigenvalue weighted by molar-refractivity contribution is 6.33. The highest BCUT2D eigenvalue weighted by atomic mass is 19.1. The average molecular weight is 266 g/mol. The molecule has 2 heterocycles. The molecule has 0 bridgehead atoms. The van der Waals surface area contributed by atoms with Crippen LogP contribution >= 0.6 is 0 Å². The third-order valence-corrected chi connectivity index (χ3v) is 3.36. The number of carbonyl (C=O) groups is 1. The monoisotopic (exact) mass is 266 g/mol. The summed E-state index contributed by atoms with van der Waals surface area (Å²) in [7, 11) is 1.92. The number of aryl methyl sites for hydroxylation is 1. The molecular formula is C15H12BFN2O. The van der Waals surface area contributed by atoms with Crippen molar-refractivity contribution in [3.05, 3.63) is 59.2 Å². The van der Waals surface area contributed by atoms with Gasteiger partial charge in [-0.05, 0) is 24.6 Å². The van der Waals surface area contributed by atoms with Gasteiger partial charge < -0.3 is 4.98 Å². The average Bonchev–Trinajstić information content (AvgIpc) is 2.83. The van der Waals surface area contributed by atoms with Crippen LogP contribution in [0.1, 0.15) is 21.5 Å². The summed E-state index contributed by atoms with van der Waals surface area (Å²) >= 11 is 0. The smallest absolute Gasteiger partial charge is 0.195 e. The van der Waals surface area contributed by atoms with Gasteiger partial charge in [0.15, 0.2) is 5.78 Å². The van der Waals surface area contributed by atoms with E-state index in [0.29, 0.717) is 16.8 Å². The van der Waals surface area contributed by atoms with E-state index in [1.165, 1.54) is 12.1 Å². The predicted octanol–water partition coefficient (Wildman–Crippen LogP) is 1.50. The topological polar surface area (TPSA) is 45.8 Å². The summed E-state index contributed by atoms with van der Waals surface area (Å²) in [6.45, 7) is 1.80. The Hall–Kier alpha value is -2.43. The Kier molecular flexibility index (Phi) is 2.90. The van der Waals surface area contributed by atoms with Crippen LogP contribution in [0.15, 0.2) is 36.7 Å². The van der Waals surface area contributed by atoms with E-state index in [1.54, 1.807) is 25.4 Å². The van der Waals surface area contributed by atoms with E-state index in [2.05, 4.69) is 9.97 Å². The molecule has 0 amide bonds. The third-order valence-electron chi connectivity index (χ3n) is 3.36. The molecule has 0 unspecified atom stereocenters. The largest absolute Gasteiger partial charge is 0.345 e. The zero-order chi connectivity index (χ0) is 14.3. The number of rotatable bonds is 2. The van der Waals surface area contributed by atoms with Crippen molar-refractivity contribution in [3.8, 4) is 0 Å². The Morgan fingerprint density at radius 1 is 1.30 bits per heavy atom. The van der Waals surface area contributed by atoms with Crippen molar-refractivity contribution in [2.24, 2.45) is 0 Å². The lowest BCUT2D eigenvalue weighted by atomic mass is 9.95. The van der Waals surface area contributed by atoms with Crippen LogP contribution in [-0.4, -0.2) is 23.6 Å². The van der Waals surface area contributed by atoms with Gasteiger partial charge in [-0.3, -0.25) is 4.79 Å². The number of carbonyl (C=O) groups excluding carboxylic acids is 1. The fourth-order valence-electron chi connectivity index (χ4n) is 2.28. The van der Waals surface area contributed by atoms with Gasteiger partial charge in [0.2, 0.25) is 0 Å². The number of aromatic nitrogens is 2. The maximum absolute atomic E-state index is 13.4. The van der Waals surface area contributed by atoms with Gasteiger partial charge in [-0.25, -0.2) is 9.37 Å². The van der Waals surface area contributed by atoms with E-state index < -0.39 is 5.82 Å². The van der Waals surface area contributed by atoms with Crippen molar-refractivity contribution >= 4 is 30.1 Å². The molecule has 3 aromatic rings. The van der Waals surface area contributed by atoms with Gasteiger partial charge in [0.25, 0.3) is 0 Å². The molecule has 0 spiro atoms. The Morgan fingerprint density at radius 3 is 2.90 bits per heavy atom. The van der Waals surface area contributed by atoms with Gasteiger partial charge in [0, 0.05) is 28.9 Å². The highest BCUT2D eigenvalue weighted by Gasteiger charge is 2.17. The molecular weight excluding hydrogens is 254 g/mol. The minimum absolute atomic E-state index is 0.194. The van der Waals surface area contributed by atoms with Crippen LogP contribution in [-0.2, 0) is 0 Å². The van der Waals surface area contributed by atoms with E-state index in [1.807, 2.05) is 13.9 Å². The number of hydrogen-bond donors (Lipinski definition) is 1. The van der Waals surface area contributed by atoms with Crippen LogP contribution in [0.5, 0.6) is 0 Å². The van der Waals surface area contributed by atoms with E-state index in [4.69, 9.17) is 0 Å². The molecule has 0 aliphatic carbocycles. The molecule has 2 aromatic heterocycles. The maximum Gasteiger partial charge on any atom is 0.195 e. The zero-order valence-electron chi connectivity index (χ0n) is 11.2. The lowest BCUT2D eigenvalue weighted by molar-refractivity contribution is 0.103. The lowest BCUT2D eigenvalue weighted by Crippen LogP contribution is -2.06. The van der Waals surface area contributed by atoms with Gasteiger partial charge in [-0.2, -0.15) is 0 Å². The molecule has 0 radical (unpaired) electrons. The first-order valence-electron chi connectivity index (χ1n) is 6.31. The summed E-state index contributed by atoms with van der Waals surface area (Å²) in [5, 5.41) is 0.763. The van der Waals surface area contributed by atoms with Crippen LogP contribution in [0.2, 0.25) is 0 Å². The first-order chi connectivity index (χ1) is 9.56. The SMILES string of the molecule is Bc1cnc2[nH]cc(C(=O)c3cc(F)ccc3C)c2c1. The molecule has 98 valence electrons. The number of H-pyrrole nitrogens is 1. The molecule has 1 aromatic carbocycles. The van der Waals surface area contributed by atoms with Gasteiger partial charge in [-0.15, -0.1) is 0 Å². The molecule has 20 heavy (non-hydrogen) atoms. The van der Waals surface area contributed by atoms with Crippen molar-refractivity contribution in [2.75, 3.05) is 0 Å². The van der Waals surface area contributed by atoms with Gasteiger partial charge in [-0.1, -0.05) is 17.6 Å². The maximum atomic E-state index is 13.4. The number of fused-ring (bicyclic) bond motifs is 1. The highest BCUT2D eigenvalue weighted by Crippen LogP contribution is 2.21. The van der Waals surface area contributed by atoms with Crippen LogP contribution in [0.4, 0.5) is 4.39 Å². The summed E-state index contributed by atoms with van der Waals surface area (Å²) in [6, 6.07) is 6.15. The first kappa shape index (κ1) is 12.6. The third kappa shape index (κ3) is 2.01. The molecule has 3 nitrogen and oxygen atoms in total. The van der Waals surface area contributed by atoms with Crippen molar-refractivity contribution in [1.29, 1.82) is 0 Å². The normalized spacial score (nSPS) is 10.9. The Balaban J connectivity index is 2.17. The van der Waals surface area contributed by atoms with Crippen molar-refractivity contribution in [3.63, 3.8) is 0 Å². The summed E-state index contributed by atoms with van der Waals surface area (Å²) < 4.78 is 13.4. The predicted molar refractivity (Wildman–Crippen MR) is 78.8 cm³/mol. The standard InChI is InChI=1S/C15H12BFN2O/c1-8-2-3-10(17)5-11(8)14(20)13-7-19-15-12(13)4-9(16)6-18-15/h2-7H,16H2,1H3,(H,18,19). The molecule has 0 fully saturated rings. The summed E-state index contributed by atoms with van der Waals surface area (Å²) in [6.07, 6.45) is 3.37. The quantitative estimate of drug-likeness (QED) is 0.564. The van der Waals surface area contributed by atoms with Crippen molar-refractivity contribution < 1.29 is 9.18 Å². The van der Waals surface area contributed by atoms with E-state index in [9.17, 15) is 9.18 Å². The number of nitrogens with one attached hydrogen (secondary N) is 1. The second-order valence-corrected chi connectivity index (χ2v) is 4.90. The fraction of sp³-hybridized carbons (Fsp3) is 0.0667. The van der Waals surface area contributed by atoms with Gasteiger partial charge in [0.05, 0.1) is 0 Å². The fourth-order valence-corrected chi connectivity index (χ4v) is 2.28. The lowest BCUT2D eigenvalue weighted by Gasteiger charge is -2.04. The second-order valence-electron chi connectivity index (χ2n) is 4.90. The molecule has 0 aliphatic rings. The van der Waals surface area contributed by atoms with Crippen LogP contribution in [0.3, 0.4) is 0 Å². The van der Waals surface area contributed by atoms with Crippen molar-refractivity contribution in [1.82, 2.24) is 9.97 Å². The van der Waals surface area contributed by atoms with E-state index in [0.717, 1.165) is 16.4 Å². The molecule has 0 atom stereocenters. The van der Waals surface area contributed by atoms with E-state index in [-0.39, 0.29) is 5.78 Å². The number of halogens is 1. The van der Waals surface area contributed by atoms with Gasteiger partial charge >= 0.3 is 0 Å². The molecule has 0 saturated carbocycles. The molecule has 5 heteroatoms. The van der Waals surface area contributed by atoms with Crippen molar-refractivity contribution in [2.45, 2.75) is 6.92 Å². The number of benzene rings is 1. The Morgan fingerprint density at radius 2 is 2.10 bits per heavy atom. The van der Waals surface area contributed by atoms with Crippen LogP contribution < -0.4 is 5.46 Å². The molecule has 0 aliphatic heterocycles. The van der Waals surface area contributed by atoms with Crippen LogP contribution in [0, 0.1) is 12.7 Å². The number of ketones is 1. The molecule has 1 N–H and O–H groups in total. The number of nitrogens with zero attached hydrogens (tertiary/aromatic N) is 1. The molecule has 0 saturated heterocycles. The first-order valence-corrected chi connectivity index (χ1v) is 6.31. The summed E-state index contributed by atoms with van der Waals surface area (Å²) in [5.41, 5.74) is 3.29. The molecule has 3 rings (SSSR count). The summed E-state index contributed by atoms with van der Waals surface area (Å²) in [5.74, 6) is -0.603. The number of pyridine rings is 1. The number of aromatic amines is 1. The van der Waals surface area contributed by atoms with Gasteiger partial charge in [0.1, 0.15) is 19.3 Å². The Labute approximate surface area is 116 Å². The summed E-state index contributed by atoms with van der Waals surface area (Å²) in [4.78, 5) is 19.8. The minimum atomic E-state index is -0.409. The van der Waals surface area contributed by atoms with Crippen LogP contribution in [0.25, 0.3) is 11.0 Å². The second kappa shape index (κ2) is 4.60. The zero-order valence-corrected chi connectivity index (χ0v) is 11.2. The minimum Gasteiger partial charge on any atom is -0.345 e. The Bertz CT molecular complexity index is 826. The van der Waals surface area contributed by atoms with E-state index >= 15 is 0 Å². The number of hydrogen-bond acceptors (Lipinski definition) is 2.